The number of allylic oxidation sites excluding steroid dienone is 2. The van der Waals surface area contributed by atoms with Gasteiger partial charge < -0.3 is 45.2 Å². The van der Waals surface area contributed by atoms with E-state index in [0.29, 0.717) is 44.9 Å². The molecule has 47 heavy (non-hydrogen) atoms. The zero-order valence-corrected chi connectivity index (χ0v) is 28.5. The van der Waals surface area contributed by atoms with Gasteiger partial charge in [0.1, 0.15) is 24.4 Å². The third kappa shape index (κ3) is 4.69. The first-order valence-electron chi connectivity index (χ1n) is 17.6. The molecule has 15 atom stereocenters. The Kier molecular flexibility index (Phi) is 8.60. The Hall–Kier alpha value is -1.60. The first-order valence-corrected chi connectivity index (χ1v) is 17.6. The molecule has 1 saturated heterocycles. The average Bonchev–Trinajstić information content (AvgIpc) is 3.03. The van der Waals surface area contributed by atoms with E-state index in [-0.39, 0.29) is 40.6 Å². The minimum absolute atomic E-state index is 0.0267. The minimum Gasteiger partial charge on any atom is -0.481 e. The van der Waals surface area contributed by atoms with Crippen molar-refractivity contribution >= 4 is 11.9 Å². The summed E-state index contributed by atoms with van der Waals surface area (Å²) in [7, 11) is 0. The summed E-state index contributed by atoms with van der Waals surface area (Å²) in [5.74, 6) is -1.73. The van der Waals surface area contributed by atoms with Gasteiger partial charge in [-0.05, 0) is 111 Å². The molecule has 0 bridgehead atoms. The molecule has 11 heteroatoms. The van der Waals surface area contributed by atoms with E-state index in [1.54, 1.807) is 6.92 Å². The summed E-state index contributed by atoms with van der Waals surface area (Å²) >= 11 is 0. The molecule has 6 aliphatic rings. The van der Waals surface area contributed by atoms with Crippen molar-refractivity contribution in [1.29, 1.82) is 0 Å². The molecule has 0 amide bonds. The molecule has 11 nitrogen and oxygen atoms in total. The Bertz CT molecular complexity index is 1300. The maximum atomic E-state index is 14.4. The van der Waals surface area contributed by atoms with Crippen molar-refractivity contribution in [2.24, 2.45) is 50.2 Å². The van der Waals surface area contributed by atoms with Gasteiger partial charge in [0.15, 0.2) is 0 Å². The molecule has 0 aromatic carbocycles. The minimum atomic E-state index is -1.69. The summed E-state index contributed by atoms with van der Waals surface area (Å²) in [6, 6.07) is 0. The maximum Gasteiger partial charge on any atom is 0.315 e. The van der Waals surface area contributed by atoms with Crippen molar-refractivity contribution < 1.29 is 54.8 Å². The van der Waals surface area contributed by atoms with E-state index >= 15 is 0 Å². The third-order valence-electron chi connectivity index (χ3n) is 15.5. The molecule has 7 N–H and O–H groups in total. The quantitative estimate of drug-likeness (QED) is 0.169. The molecule has 0 unspecified atom stereocenters. The van der Waals surface area contributed by atoms with Gasteiger partial charge in [0.05, 0.1) is 23.5 Å². The zero-order chi connectivity index (χ0) is 34.5. The topological polar surface area (TPSA) is 194 Å². The molecule has 0 aromatic rings. The molecule has 266 valence electrons. The first-order chi connectivity index (χ1) is 21.9. The highest BCUT2D eigenvalue weighted by Gasteiger charge is 2.71. The number of hydrogen-bond acceptors (Lipinski definition) is 10. The van der Waals surface area contributed by atoms with Crippen LogP contribution in [0.1, 0.15) is 98.8 Å². The van der Waals surface area contributed by atoms with Gasteiger partial charge in [-0.2, -0.15) is 0 Å². The number of carboxylic acids is 1. The summed E-state index contributed by atoms with van der Waals surface area (Å²) in [5, 5.41) is 72.9. The number of esters is 1. The number of aliphatic carboxylic acids is 1. The summed E-state index contributed by atoms with van der Waals surface area (Å²) in [5.41, 5.74) is -2.23. The molecule has 1 aliphatic heterocycles. The van der Waals surface area contributed by atoms with Crippen LogP contribution in [0.4, 0.5) is 0 Å². The Morgan fingerprint density at radius 3 is 2.19 bits per heavy atom. The molecular formula is C36H56O11. The molecule has 0 radical (unpaired) electrons. The van der Waals surface area contributed by atoms with Crippen LogP contribution in [0.5, 0.6) is 0 Å². The van der Waals surface area contributed by atoms with Crippen LogP contribution in [-0.4, -0.2) is 97.7 Å². The Labute approximate surface area is 277 Å². The summed E-state index contributed by atoms with van der Waals surface area (Å²) in [6.07, 6.45) is -0.0188. The van der Waals surface area contributed by atoms with Crippen molar-refractivity contribution in [1.82, 2.24) is 0 Å². The lowest BCUT2D eigenvalue weighted by atomic mass is 9.33. The fraction of sp³-hybridized carbons (Fsp3) is 0.889. The van der Waals surface area contributed by atoms with Gasteiger partial charge in [-0.25, -0.2) is 0 Å². The zero-order valence-electron chi connectivity index (χ0n) is 28.5. The lowest BCUT2D eigenvalue weighted by Gasteiger charge is -2.71. The molecule has 1 heterocycles. The molecule has 0 spiro atoms. The highest BCUT2D eigenvalue weighted by atomic mass is 16.7. The number of carboxylic acid groups (broad SMARTS) is 1. The fourth-order valence-corrected chi connectivity index (χ4v) is 12.0. The van der Waals surface area contributed by atoms with Crippen LogP contribution in [0.3, 0.4) is 0 Å². The molecule has 5 aliphatic carbocycles. The monoisotopic (exact) mass is 664 g/mol. The Morgan fingerprint density at radius 1 is 0.872 bits per heavy atom. The van der Waals surface area contributed by atoms with Crippen LogP contribution in [0.2, 0.25) is 0 Å². The highest BCUT2D eigenvalue weighted by molar-refractivity contribution is 5.79. The fourth-order valence-electron chi connectivity index (χ4n) is 12.0. The van der Waals surface area contributed by atoms with Gasteiger partial charge in [-0.3, -0.25) is 9.59 Å². The van der Waals surface area contributed by atoms with Gasteiger partial charge >= 0.3 is 11.9 Å². The van der Waals surface area contributed by atoms with Crippen molar-refractivity contribution in [2.75, 3.05) is 13.2 Å². The second-order valence-corrected chi connectivity index (χ2v) is 17.4. The van der Waals surface area contributed by atoms with Gasteiger partial charge in [0.2, 0.25) is 6.29 Å². The maximum absolute atomic E-state index is 14.4. The van der Waals surface area contributed by atoms with Crippen molar-refractivity contribution in [2.45, 2.75) is 136 Å². The predicted molar refractivity (Wildman–Crippen MR) is 168 cm³/mol. The second kappa shape index (κ2) is 11.5. The average molecular weight is 665 g/mol. The van der Waals surface area contributed by atoms with Crippen LogP contribution >= 0.6 is 0 Å². The number of hydrogen-bond donors (Lipinski definition) is 7. The van der Waals surface area contributed by atoms with Crippen LogP contribution in [0.25, 0.3) is 0 Å². The van der Waals surface area contributed by atoms with E-state index in [2.05, 4.69) is 26.8 Å². The standard InChI is InChI=1S/C36H56O11/c1-31(18-38)12-14-36(30(45)47-28-27(42)26(41)25(40)21(17-37)46-28)15-13-33(3)19(20(36)16-31)6-7-22-32(2)10-9-24(39)35(5,29(43)44)23(32)8-11-34(22,33)4/h6,20-28,37-42H,7-18H2,1-5H3,(H,43,44)/t20-,21-,22-,23+,24-,25-,26+,27-,28+,31-,32+,33+,34-,35-,36+/m1/s1. The largest absolute Gasteiger partial charge is 0.481 e. The van der Waals surface area contributed by atoms with Gasteiger partial charge in [0, 0.05) is 6.61 Å². The Balaban J connectivity index is 1.37. The molecule has 4 saturated carbocycles. The van der Waals surface area contributed by atoms with Crippen LogP contribution < -0.4 is 0 Å². The number of ether oxygens (including phenoxy) is 2. The number of fused-ring (bicyclic) bond motifs is 7. The van der Waals surface area contributed by atoms with Crippen LogP contribution in [0.15, 0.2) is 11.6 Å². The lowest BCUT2D eigenvalue weighted by molar-refractivity contribution is -0.297. The van der Waals surface area contributed by atoms with Crippen LogP contribution in [-0.2, 0) is 19.1 Å². The number of carbonyl (C=O) groups is 2. The lowest BCUT2D eigenvalue weighted by Crippen LogP contribution is -2.66. The van der Waals surface area contributed by atoms with Crippen LogP contribution in [0, 0.1) is 50.2 Å². The van der Waals surface area contributed by atoms with Crippen molar-refractivity contribution in [3.05, 3.63) is 11.6 Å². The normalized spacial score (nSPS) is 54.2. The van der Waals surface area contributed by atoms with E-state index in [0.717, 1.165) is 19.3 Å². The van der Waals surface area contributed by atoms with Crippen molar-refractivity contribution in [3.63, 3.8) is 0 Å². The van der Waals surface area contributed by atoms with E-state index in [1.165, 1.54) is 5.57 Å². The highest BCUT2D eigenvalue weighted by Crippen LogP contribution is 2.76. The van der Waals surface area contributed by atoms with Gasteiger partial charge in [-0.1, -0.05) is 39.3 Å². The molecule has 0 aromatic heterocycles. The van der Waals surface area contributed by atoms with E-state index < -0.39 is 71.6 Å². The second-order valence-electron chi connectivity index (χ2n) is 17.4. The summed E-state index contributed by atoms with van der Waals surface area (Å²) in [6.45, 7) is 10.0. The van der Waals surface area contributed by atoms with E-state index in [4.69, 9.17) is 9.47 Å². The number of rotatable bonds is 5. The van der Waals surface area contributed by atoms with E-state index in [9.17, 15) is 45.3 Å². The number of aliphatic hydroxyl groups excluding tert-OH is 6. The van der Waals surface area contributed by atoms with Gasteiger partial charge in [-0.15, -0.1) is 0 Å². The third-order valence-corrected chi connectivity index (χ3v) is 15.5. The van der Waals surface area contributed by atoms with Gasteiger partial charge in [0.25, 0.3) is 0 Å². The molecule has 5 fully saturated rings. The van der Waals surface area contributed by atoms with Crippen molar-refractivity contribution in [3.8, 4) is 0 Å². The summed E-state index contributed by atoms with van der Waals surface area (Å²) in [4.78, 5) is 27.1. The smallest absolute Gasteiger partial charge is 0.315 e. The molecule has 6 rings (SSSR count). The Morgan fingerprint density at radius 2 is 1.55 bits per heavy atom. The first kappa shape index (κ1) is 35.2. The molecular weight excluding hydrogens is 608 g/mol. The number of carbonyl (C=O) groups excluding carboxylic acids is 1. The summed E-state index contributed by atoms with van der Waals surface area (Å²) < 4.78 is 11.5. The SMILES string of the molecule is C[C@@]1(CO)CC[C@]2(C(=O)O[C@@H]3O[C@H](CO)[C@@H](O)[C@H](O)[C@H]3O)CC[C@@]3(C)C(=CC[C@@H]4[C@]5(C)CC[C@@H](O)[C@](C)(C(=O)O)[C@H]5CC[C@]43C)[C@H]2C1. The predicted octanol–water partition coefficient (Wildman–Crippen LogP) is 2.53. The number of aliphatic hydroxyl groups is 6. The van der Waals surface area contributed by atoms with E-state index in [1.807, 2.05) is 6.92 Å².